The summed E-state index contributed by atoms with van der Waals surface area (Å²) in [5.74, 6) is 2.98. The lowest BCUT2D eigenvalue weighted by Crippen LogP contribution is -1.88. The van der Waals surface area contributed by atoms with Crippen molar-refractivity contribution in [2.75, 3.05) is 0 Å². The summed E-state index contributed by atoms with van der Waals surface area (Å²) >= 11 is 0. The Labute approximate surface area is 69.1 Å². The third-order valence-corrected chi connectivity index (χ3v) is 0.712. The molecule has 0 aliphatic rings. The average molecular weight is 162 g/mol. The average Bonchev–Trinajstić information content (AvgIpc) is 2.02. The second kappa shape index (κ2) is 7.04. The van der Waals surface area contributed by atoms with Crippen LogP contribution in [0.3, 0.4) is 0 Å². The van der Waals surface area contributed by atoms with E-state index in [1.165, 1.54) is 12.3 Å². The maximum Gasteiger partial charge on any atom is 0.307 e. The highest BCUT2D eigenvalue weighted by Gasteiger charge is 1.85. The van der Waals surface area contributed by atoms with Gasteiger partial charge in [-0.15, -0.1) is 0 Å². The summed E-state index contributed by atoms with van der Waals surface area (Å²) < 4.78 is 0. The molecule has 0 spiro atoms. The number of hydrogen-bond donors (Lipinski definition) is 2. The molecule has 0 fully saturated rings. The third-order valence-electron chi connectivity index (χ3n) is 0.712. The van der Waals surface area contributed by atoms with Crippen LogP contribution in [0, 0.1) is 5.41 Å². The first-order valence-electron chi connectivity index (χ1n) is 3.00. The Morgan fingerprint density at radius 1 is 1.58 bits per heavy atom. The van der Waals surface area contributed by atoms with Crippen molar-refractivity contribution in [3.8, 4) is 0 Å². The number of carboxylic acids is 1. The minimum absolute atomic E-state index is 0.0923. The molecule has 0 heterocycles. The van der Waals surface area contributed by atoms with Gasteiger partial charge < -0.3 is 5.11 Å². The molecule has 0 aromatic heterocycles. The quantitative estimate of drug-likeness (QED) is 0.475. The Morgan fingerprint density at radius 2 is 2.33 bits per heavy atom. The number of carboxylic acid groups (broad SMARTS) is 1. The highest BCUT2D eigenvalue weighted by molar-refractivity contribution is 5.86. The van der Waals surface area contributed by atoms with Gasteiger partial charge in [-0.05, 0) is 11.8 Å². The van der Waals surface area contributed by atoms with Crippen molar-refractivity contribution in [1.82, 2.24) is 0 Å². The van der Waals surface area contributed by atoms with Crippen LogP contribution in [0.2, 0.25) is 0 Å². The van der Waals surface area contributed by atoms with E-state index in [0.29, 0.717) is 0 Å². The number of carbonyl (C=O) groups is 1. The molecule has 0 aliphatic carbocycles. The molecular weight excluding hydrogens is 156 g/mol. The lowest BCUT2D eigenvalue weighted by molar-refractivity contribution is -0.135. The van der Waals surface area contributed by atoms with E-state index >= 15 is 0 Å². The topological polar surface area (TPSA) is 73.5 Å². The van der Waals surface area contributed by atoms with Gasteiger partial charge in [0.05, 0.1) is 24.4 Å². The van der Waals surface area contributed by atoms with Gasteiger partial charge in [0.1, 0.15) is 0 Å². The molecule has 0 saturated carbocycles. The molecule has 0 aromatic rings. The molecule has 0 atom stereocenters. The summed E-state index contributed by atoms with van der Waals surface area (Å²) in [7, 11) is 0. The maximum atomic E-state index is 9.95. The smallest absolute Gasteiger partial charge is 0.307 e. The van der Waals surface area contributed by atoms with Gasteiger partial charge in [0.2, 0.25) is 0 Å². The zero-order chi connectivity index (χ0) is 9.23. The Bertz CT molecular complexity index is 332. The minimum Gasteiger partial charge on any atom is -0.481 e. The zero-order valence-electron chi connectivity index (χ0n) is 6.16. The van der Waals surface area contributed by atoms with Crippen molar-refractivity contribution < 1.29 is 9.90 Å². The summed E-state index contributed by atoms with van der Waals surface area (Å²) in [6.07, 6.45) is 2.42. The predicted octanol–water partition coefficient (Wildman–Crippen LogP) is 0.759. The molecule has 4 heteroatoms. The number of aliphatic carboxylic acids is 1. The standard InChI is InChI=1S/C8H6N2O2/c9-5-7-10-6-3-1-2-4-8(11)12/h2,6,9H,4H2,(H,11,12). The van der Waals surface area contributed by atoms with Crippen LogP contribution in [0.25, 0.3) is 0 Å². The van der Waals surface area contributed by atoms with E-state index in [0.717, 1.165) is 0 Å². The molecule has 0 radical (unpaired) electrons. The van der Waals surface area contributed by atoms with Crippen LogP contribution in [0.5, 0.6) is 0 Å². The Morgan fingerprint density at radius 3 is 2.92 bits per heavy atom. The van der Waals surface area contributed by atoms with Crippen LogP contribution in [-0.4, -0.2) is 22.8 Å². The second-order valence-corrected chi connectivity index (χ2v) is 1.59. The van der Waals surface area contributed by atoms with Gasteiger partial charge >= 0.3 is 5.97 Å². The van der Waals surface area contributed by atoms with Gasteiger partial charge in [0.15, 0.2) is 0 Å². The van der Waals surface area contributed by atoms with E-state index < -0.39 is 5.97 Å². The van der Waals surface area contributed by atoms with Gasteiger partial charge in [-0.3, -0.25) is 4.79 Å². The Kier molecular flexibility index (Phi) is 5.83. The molecule has 12 heavy (non-hydrogen) atoms. The van der Waals surface area contributed by atoms with E-state index in [2.05, 4.69) is 22.3 Å². The summed E-state index contributed by atoms with van der Waals surface area (Å²) in [4.78, 5) is 13.3. The second-order valence-electron chi connectivity index (χ2n) is 1.59. The van der Waals surface area contributed by atoms with E-state index in [9.17, 15) is 4.79 Å². The van der Waals surface area contributed by atoms with Crippen LogP contribution >= 0.6 is 0 Å². The van der Waals surface area contributed by atoms with E-state index in [1.54, 1.807) is 5.87 Å². The number of nitrogens with one attached hydrogen (secondary N) is 1. The lowest BCUT2D eigenvalue weighted by atomic mass is 10.4. The maximum absolute atomic E-state index is 9.95. The van der Waals surface area contributed by atoms with Crippen LogP contribution < -0.4 is 0 Å². The van der Waals surface area contributed by atoms with Crippen LogP contribution in [0.4, 0.5) is 0 Å². The molecule has 4 nitrogen and oxygen atoms in total. The van der Waals surface area contributed by atoms with Crippen molar-refractivity contribution in [2.24, 2.45) is 4.99 Å². The molecule has 0 unspecified atom stereocenters. The molecule has 0 aromatic carbocycles. The van der Waals surface area contributed by atoms with E-state index in [1.807, 2.05) is 0 Å². The fourth-order valence-electron chi connectivity index (χ4n) is 0.331. The van der Waals surface area contributed by atoms with E-state index in [-0.39, 0.29) is 6.42 Å². The molecular formula is C8H6N2O2. The molecule has 0 aliphatic heterocycles. The van der Waals surface area contributed by atoms with Crippen LogP contribution in [-0.2, 0) is 4.79 Å². The van der Waals surface area contributed by atoms with Crippen molar-refractivity contribution in [3.63, 3.8) is 0 Å². The van der Waals surface area contributed by atoms with Crippen molar-refractivity contribution in [1.29, 1.82) is 5.41 Å². The number of rotatable bonds is 3. The molecule has 0 bridgehead atoms. The fraction of sp³-hybridized carbons (Fsp3) is 0.125. The fourth-order valence-corrected chi connectivity index (χ4v) is 0.331. The third kappa shape index (κ3) is 7.93. The van der Waals surface area contributed by atoms with Gasteiger partial charge in [-0.1, -0.05) is 5.73 Å². The summed E-state index contributed by atoms with van der Waals surface area (Å²) in [6, 6.07) is 0. The first-order chi connectivity index (χ1) is 5.77. The first kappa shape index (κ1) is 9.93. The highest BCUT2D eigenvalue weighted by Crippen LogP contribution is 1.77. The summed E-state index contributed by atoms with van der Waals surface area (Å²) in [5.41, 5.74) is 4.87. The monoisotopic (exact) mass is 162 g/mol. The number of aliphatic imine (C=N–C) groups is 1. The van der Waals surface area contributed by atoms with Crippen LogP contribution in [0.1, 0.15) is 6.42 Å². The lowest BCUT2D eigenvalue weighted by Gasteiger charge is -1.75. The normalized spacial score (nSPS) is 6.33. The minimum atomic E-state index is -0.924. The molecule has 60 valence electrons. The van der Waals surface area contributed by atoms with Crippen LogP contribution in [0.15, 0.2) is 28.7 Å². The molecule has 2 N–H and O–H groups in total. The zero-order valence-corrected chi connectivity index (χ0v) is 6.16. The van der Waals surface area contributed by atoms with Gasteiger partial charge in [-0.25, -0.2) is 5.41 Å². The number of nitrogens with zero attached hydrogens (tertiary/aromatic N) is 1. The SMILES string of the molecule is N=C=C=NC=C=C=CCC(=O)O. The largest absolute Gasteiger partial charge is 0.481 e. The van der Waals surface area contributed by atoms with Crippen molar-refractivity contribution >= 4 is 17.7 Å². The van der Waals surface area contributed by atoms with Crippen molar-refractivity contribution in [3.05, 3.63) is 23.7 Å². The summed E-state index contributed by atoms with van der Waals surface area (Å²) in [5, 5.41) is 14.5. The molecule has 0 amide bonds. The summed E-state index contributed by atoms with van der Waals surface area (Å²) in [6.45, 7) is 0. The van der Waals surface area contributed by atoms with Gasteiger partial charge in [0.25, 0.3) is 0 Å². The van der Waals surface area contributed by atoms with Gasteiger partial charge in [0, 0.05) is 0 Å². The van der Waals surface area contributed by atoms with E-state index in [4.69, 9.17) is 10.5 Å². The molecule has 0 rings (SSSR count). The van der Waals surface area contributed by atoms with Crippen molar-refractivity contribution in [2.45, 2.75) is 6.42 Å². The highest BCUT2D eigenvalue weighted by atomic mass is 16.4. The van der Waals surface area contributed by atoms with Gasteiger partial charge in [-0.2, -0.15) is 4.99 Å². The first-order valence-corrected chi connectivity index (χ1v) is 3.00. The Hall–Kier alpha value is -2.07. The number of hydrogen-bond acceptors (Lipinski definition) is 3. The Balaban J connectivity index is 4.13. The predicted molar refractivity (Wildman–Crippen MR) is 43.6 cm³/mol. The molecule has 0 saturated heterocycles.